The van der Waals surface area contributed by atoms with Gasteiger partial charge in [0.05, 0.1) is 0 Å². The molecular formula is C9H9ClINO. The highest BCUT2D eigenvalue weighted by atomic mass is 127. The quantitative estimate of drug-likeness (QED) is 0.485. The minimum absolute atomic E-state index is 0.489. The van der Waals surface area contributed by atoms with E-state index in [1.54, 1.807) is 6.07 Å². The van der Waals surface area contributed by atoms with Crippen molar-refractivity contribution in [3.63, 3.8) is 0 Å². The molecule has 1 rings (SSSR count). The number of halogens is 2. The van der Waals surface area contributed by atoms with Crippen molar-refractivity contribution >= 4 is 34.2 Å². The smallest absolute Gasteiger partial charge is 0.151 e. The van der Waals surface area contributed by atoms with Gasteiger partial charge in [-0.2, -0.15) is 0 Å². The van der Waals surface area contributed by atoms with Gasteiger partial charge < -0.3 is 4.74 Å². The lowest BCUT2D eigenvalue weighted by molar-refractivity contribution is 0.358. The number of rotatable bonds is 3. The van der Waals surface area contributed by atoms with Crippen molar-refractivity contribution in [1.29, 1.82) is 0 Å². The average Bonchev–Trinajstić information content (AvgIpc) is 2.09. The molecule has 1 aromatic heterocycles. The van der Waals surface area contributed by atoms with Gasteiger partial charge in [-0.05, 0) is 41.6 Å². The predicted octanol–water partition coefficient (Wildman–Crippen LogP) is 3.29. The molecule has 4 heteroatoms. The van der Waals surface area contributed by atoms with Crippen LogP contribution in [0.15, 0.2) is 24.3 Å². The molecule has 0 saturated carbocycles. The number of hydrogen-bond acceptors (Lipinski definition) is 2. The average molecular weight is 310 g/mol. The summed E-state index contributed by atoms with van der Waals surface area (Å²) < 4.78 is 6.20. The molecule has 0 aromatic carbocycles. The number of allylic oxidation sites excluding steroid dienone is 1. The van der Waals surface area contributed by atoms with Crippen LogP contribution in [0.1, 0.15) is 6.92 Å². The first-order valence-electron chi connectivity index (χ1n) is 3.80. The first-order valence-corrected chi connectivity index (χ1v) is 5.25. The zero-order chi connectivity index (χ0) is 9.68. The van der Waals surface area contributed by atoms with Gasteiger partial charge in [-0.3, -0.25) is 0 Å². The molecule has 0 bridgehead atoms. The summed E-state index contributed by atoms with van der Waals surface area (Å²) in [4.78, 5) is 4.06. The molecule has 70 valence electrons. The van der Waals surface area contributed by atoms with Crippen molar-refractivity contribution in [3.05, 3.63) is 33.1 Å². The number of aromatic nitrogens is 1. The molecule has 0 unspecified atom stereocenters. The second kappa shape index (κ2) is 5.44. The number of ether oxygens (including phenoxy) is 1. The first kappa shape index (κ1) is 10.8. The minimum Gasteiger partial charge on any atom is -0.487 e. The zero-order valence-corrected chi connectivity index (χ0v) is 10.0. The SMILES string of the molecule is C/C=C/COc1ccc(Cl)nc1I. The number of pyridine rings is 1. The summed E-state index contributed by atoms with van der Waals surface area (Å²) in [6, 6.07) is 3.54. The molecule has 1 heterocycles. The molecule has 0 aliphatic carbocycles. The Balaban J connectivity index is 2.66. The van der Waals surface area contributed by atoms with Gasteiger partial charge >= 0.3 is 0 Å². The van der Waals surface area contributed by atoms with Crippen LogP contribution >= 0.6 is 34.2 Å². The van der Waals surface area contributed by atoms with Crippen LogP contribution in [0.2, 0.25) is 5.15 Å². The summed E-state index contributed by atoms with van der Waals surface area (Å²) in [7, 11) is 0. The van der Waals surface area contributed by atoms with E-state index >= 15 is 0 Å². The van der Waals surface area contributed by atoms with Crippen LogP contribution in [-0.2, 0) is 0 Å². The van der Waals surface area contributed by atoms with Crippen molar-refractivity contribution in [3.8, 4) is 5.75 Å². The molecule has 0 N–H and O–H groups in total. The van der Waals surface area contributed by atoms with Crippen LogP contribution < -0.4 is 4.74 Å². The molecule has 0 aliphatic heterocycles. The van der Waals surface area contributed by atoms with Gasteiger partial charge in [0, 0.05) is 0 Å². The van der Waals surface area contributed by atoms with Crippen molar-refractivity contribution < 1.29 is 4.74 Å². The number of nitrogens with zero attached hydrogens (tertiary/aromatic N) is 1. The molecule has 0 atom stereocenters. The third kappa shape index (κ3) is 3.52. The lowest BCUT2D eigenvalue weighted by atomic mass is 10.4. The van der Waals surface area contributed by atoms with Gasteiger partial charge in [-0.15, -0.1) is 0 Å². The highest BCUT2D eigenvalue weighted by molar-refractivity contribution is 14.1. The molecule has 13 heavy (non-hydrogen) atoms. The van der Waals surface area contributed by atoms with E-state index in [1.165, 1.54) is 0 Å². The van der Waals surface area contributed by atoms with E-state index in [0.29, 0.717) is 11.8 Å². The van der Waals surface area contributed by atoms with Gasteiger partial charge in [0.15, 0.2) is 5.75 Å². The fourth-order valence-electron chi connectivity index (χ4n) is 0.741. The van der Waals surface area contributed by atoms with E-state index in [4.69, 9.17) is 16.3 Å². The van der Waals surface area contributed by atoms with Crippen LogP contribution in [0.25, 0.3) is 0 Å². The Labute approximate surface area is 96.1 Å². The Bertz CT molecular complexity index is 314. The fraction of sp³-hybridized carbons (Fsp3) is 0.222. The Morgan fingerprint density at radius 2 is 2.38 bits per heavy atom. The van der Waals surface area contributed by atoms with E-state index < -0.39 is 0 Å². The predicted molar refractivity (Wildman–Crippen MR) is 62.3 cm³/mol. The molecule has 1 aromatic rings. The third-order valence-corrected chi connectivity index (χ3v) is 2.33. The second-order valence-electron chi connectivity index (χ2n) is 2.30. The topological polar surface area (TPSA) is 22.1 Å². The Hall–Kier alpha value is -0.290. The van der Waals surface area contributed by atoms with Crippen LogP contribution in [0.5, 0.6) is 5.75 Å². The standard InChI is InChI=1S/C9H9ClINO/c1-2-3-6-13-7-4-5-8(10)12-9(7)11/h2-5H,6H2,1H3/b3-2+. The maximum absolute atomic E-state index is 5.69. The Kier molecular flexibility index (Phi) is 4.52. The van der Waals surface area contributed by atoms with Gasteiger partial charge in [0.2, 0.25) is 0 Å². The molecule has 0 spiro atoms. The molecule has 0 saturated heterocycles. The van der Waals surface area contributed by atoms with Crippen molar-refractivity contribution in [2.24, 2.45) is 0 Å². The summed E-state index contributed by atoms with van der Waals surface area (Å²) in [5, 5.41) is 0.489. The molecule has 0 radical (unpaired) electrons. The van der Waals surface area contributed by atoms with E-state index in [1.807, 2.05) is 25.1 Å². The van der Waals surface area contributed by atoms with Crippen molar-refractivity contribution in [1.82, 2.24) is 4.98 Å². The Morgan fingerprint density at radius 3 is 3.00 bits per heavy atom. The van der Waals surface area contributed by atoms with E-state index in [9.17, 15) is 0 Å². The highest BCUT2D eigenvalue weighted by Gasteiger charge is 2.01. The molecule has 0 fully saturated rings. The van der Waals surface area contributed by atoms with Gasteiger partial charge in [-0.1, -0.05) is 23.8 Å². The van der Waals surface area contributed by atoms with Crippen LogP contribution in [0.4, 0.5) is 0 Å². The lowest BCUT2D eigenvalue weighted by Gasteiger charge is -2.04. The summed E-state index contributed by atoms with van der Waals surface area (Å²) in [5.41, 5.74) is 0. The van der Waals surface area contributed by atoms with E-state index in [2.05, 4.69) is 27.6 Å². The first-order chi connectivity index (χ1) is 6.24. The van der Waals surface area contributed by atoms with Gasteiger partial charge in [-0.25, -0.2) is 4.98 Å². The summed E-state index contributed by atoms with van der Waals surface area (Å²) in [6.45, 7) is 2.52. The van der Waals surface area contributed by atoms with Crippen LogP contribution in [0, 0.1) is 3.70 Å². The van der Waals surface area contributed by atoms with Crippen LogP contribution in [0.3, 0.4) is 0 Å². The van der Waals surface area contributed by atoms with E-state index in [-0.39, 0.29) is 0 Å². The molecular weight excluding hydrogens is 300 g/mol. The highest BCUT2D eigenvalue weighted by Crippen LogP contribution is 2.20. The normalized spacial score (nSPS) is 10.7. The van der Waals surface area contributed by atoms with Crippen molar-refractivity contribution in [2.75, 3.05) is 6.61 Å². The van der Waals surface area contributed by atoms with E-state index in [0.717, 1.165) is 9.45 Å². The lowest BCUT2D eigenvalue weighted by Crippen LogP contribution is -1.96. The summed E-state index contributed by atoms with van der Waals surface area (Å²) >= 11 is 7.79. The van der Waals surface area contributed by atoms with Crippen LogP contribution in [-0.4, -0.2) is 11.6 Å². The molecule has 0 amide bonds. The third-order valence-electron chi connectivity index (χ3n) is 1.35. The maximum atomic E-state index is 5.69. The van der Waals surface area contributed by atoms with Crippen molar-refractivity contribution in [2.45, 2.75) is 6.92 Å². The summed E-state index contributed by atoms with van der Waals surface area (Å²) in [5.74, 6) is 0.767. The maximum Gasteiger partial charge on any atom is 0.151 e. The second-order valence-corrected chi connectivity index (χ2v) is 3.71. The largest absolute Gasteiger partial charge is 0.487 e. The Morgan fingerprint density at radius 1 is 1.62 bits per heavy atom. The fourth-order valence-corrected chi connectivity index (χ4v) is 1.63. The zero-order valence-electron chi connectivity index (χ0n) is 7.13. The minimum atomic E-state index is 0.489. The van der Waals surface area contributed by atoms with Gasteiger partial charge in [0.25, 0.3) is 0 Å². The molecule has 2 nitrogen and oxygen atoms in total. The number of hydrogen-bond donors (Lipinski definition) is 0. The monoisotopic (exact) mass is 309 g/mol. The summed E-state index contributed by atoms with van der Waals surface area (Å²) in [6.07, 6.45) is 3.88. The van der Waals surface area contributed by atoms with Gasteiger partial charge in [0.1, 0.15) is 15.5 Å². The molecule has 0 aliphatic rings.